The molecule has 1 aliphatic rings. The van der Waals surface area contributed by atoms with Crippen LogP contribution >= 0.6 is 24.0 Å². The van der Waals surface area contributed by atoms with Crippen LogP contribution in [0.15, 0.2) is 29.2 Å². The fraction of sp³-hybridized carbons (Fsp3) is 0.214. The van der Waals surface area contributed by atoms with E-state index in [0.29, 0.717) is 9.23 Å². The summed E-state index contributed by atoms with van der Waals surface area (Å²) in [5, 5.41) is 11.7. The molecule has 0 radical (unpaired) electrons. The van der Waals surface area contributed by atoms with Gasteiger partial charge in [-0.1, -0.05) is 36.1 Å². The molecule has 1 heterocycles. The van der Waals surface area contributed by atoms with Crippen molar-refractivity contribution >= 4 is 46.2 Å². The van der Waals surface area contributed by atoms with Gasteiger partial charge < -0.3 is 10.4 Å². The fourth-order valence-electron chi connectivity index (χ4n) is 1.75. The van der Waals surface area contributed by atoms with E-state index in [1.807, 2.05) is 0 Å². The second-order valence-corrected chi connectivity index (χ2v) is 6.02. The Labute approximate surface area is 132 Å². The van der Waals surface area contributed by atoms with E-state index in [1.54, 1.807) is 37.4 Å². The zero-order valence-corrected chi connectivity index (χ0v) is 13.0. The van der Waals surface area contributed by atoms with Gasteiger partial charge in [-0.25, -0.2) is 0 Å². The summed E-state index contributed by atoms with van der Waals surface area (Å²) in [7, 11) is 1.55. The minimum Gasteiger partial charge on any atom is -0.508 e. The summed E-state index contributed by atoms with van der Waals surface area (Å²) in [5.41, 5.74) is 0.805. The molecule has 2 rings (SSSR count). The highest BCUT2D eigenvalue weighted by atomic mass is 32.2. The van der Waals surface area contributed by atoms with Gasteiger partial charge in [-0.15, -0.1) is 0 Å². The highest BCUT2D eigenvalue weighted by Crippen LogP contribution is 2.32. The molecule has 0 aliphatic carbocycles. The summed E-state index contributed by atoms with van der Waals surface area (Å²) in [6.07, 6.45) is 1.94. The van der Waals surface area contributed by atoms with Gasteiger partial charge in [-0.05, 0) is 23.8 Å². The van der Waals surface area contributed by atoms with Crippen molar-refractivity contribution in [2.24, 2.45) is 0 Å². The maximum atomic E-state index is 12.3. The van der Waals surface area contributed by atoms with Crippen molar-refractivity contribution in [3.63, 3.8) is 0 Å². The van der Waals surface area contributed by atoms with E-state index in [-0.39, 0.29) is 30.5 Å². The van der Waals surface area contributed by atoms with Crippen molar-refractivity contribution in [3.8, 4) is 5.75 Å². The van der Waals surface area contributed by atoms with E-state index in [4.69, 9.17) is 12.2 Å². The number of hydrogen-bond donors (Lipinski definition) is 2. The van der Waals surface area contributed by atoms with Gasteiger partial charge in [0.25, 0.3) is 5.91 Å². The molecular formula is C14H14N2O3S2. The van der Waals surface area contributed by atoms with Gasteiger partial charge in [0.15, 0.2) is 0 Å². The molecular weight excluding hydrogens is 308 g/mol. The van der Waals surface area contributed by atoms with E-state index in [1.165, 1.54) is 16.7 Å². The molecule has 0 bridgehead atoms. The van der Waals surface area contributed by atoms with Crippen molar-refractivity contribution in [2.45, 2.75) is 6.42 Å². The number of thiocarbonyl (C=S) groups is 1. The largest absolute Gasteiger partial charge is 0.508 e. The summed E-state index contributed by atoms with van der Waals surface area (Å²) in [4.78, 5) is 25.5. The van der Waals surface area contributed by atoms with Crippen LogP contribution in [0.1, 0.15) is 12.0 Å². The third-order valence-corrected chi connectivity index (χ3v) is 4.28. The lowest BCUT2D eigenvalue weighted by atomic mass is 10.2. The van der Waals surface area contributed by atoms with E-state index in [9.17, 15) is 14.7 Å². The predicted octanol–water partition coefficient (Wildman–Crippen LogP) is 1.73. The lowest BCUT2D eigenvalue weighted by Crippen LogP contribution is -2.32. The Morgan fingerprint density at radius 3 is 2.71 bits per heavy atom. The van der Waals surface area contributed by atoms with Gasteiger partial charge in [-0.3, -0.25) is 14.5 Å². The molecule has 2 amide bonds. The molecule has 0 unspecified atom stereocenters. The SMILES string of the molecule is CNC(=O)CCN1C(=O)/C(=C/c2ccc(O)cc2)SC1=S. The van der Waals surface area contributed by atoms with E-state index in [2.05, 4.69) is 5.32 Å². The van der Waals surface area contributed by atoms with Crippen LogP contribution < -0.4 is 5.32 Å². The van der Waals surface area contributed by atoms with Gasteiger partial charge in [0.05, 0.1) is 4.91 Å². The Hall–Kier alpha value is -1.86. The summed E-state index contributed by atoms with van der Waals surface area (Å²) in [6, 6.07) is 6.54. The quantitative estimate of drug-likeness (QED) is 0.653. The predicted molar refractivity (Wildman–Crippen MR) is 86.7 cm³/mol. The molecule has 0 atom stereocenters. The van der Waals surface area contributed by atoms with Crippen molar-refractivity contribution in [1.29, 1.82) is 0 Å². The standard InChI is InChI=1S/C14H14N2O3S2/c1-15-12(18)6-7-16-13(19)11(21-14(16)20)8-9-2-4-10(17)5-3-9/h2-5,8,17H,6-7H2,1H3,(H,15,18)/b11-8-. The van der Waals surface area contributed by atoms with Gasteiger partial charge >= 0.3 is 0 Å². The number of carbonyl (C=O) groups is 2. The van der Waals surface area contributed by atoms with Crippen LogP contribution in [-0.4, -0.2) is 39.7 Å². The number of phenolic OH excluding ortho intramolecular Hbond substituents is 1. The van der Waals surface area contributed by atoms with Crippen molar-refractivity contribution < 1.29 is 14.7 Å². The van der Waals surface area contributed by atoms with Crippen LogP contribution in [0.25, 0.3) is 6.08 Å². The summed E-state index contributed by atoms with van der Waals surface area (Å²) in [5.74, 6) is -0.154. The van der Waals surface area contributed by atoms with Gasteiger partial charge in [0.2, 0.25) is 5.91 Å². The minimum absolute atomic E-state index is 0.133. The Bertz CT molecular complexity index is 611. The molecule has 1 aliphatic heterocycles. The minimum atomic E-state index is -0.193. The molecule has 1 aromatic rings. The third kappa shape index (κ3) is 3.83. The number of nitrogens with one attached hydrogen (secondary N) is 1. The molecule has 5 nitrogen and oxygen atoms in total. The van der Waals surface area contributed by atoms with Gasteiger partial charge in [0.1, 0.15) is 10.1 Å². The second kappa shape index (κ2) is 6.73. The average molecular weight is 322 g/mol. The highest BCUT2D eigenvalue weighted by Gasteiger charge is 2.31. The number of thioether (sulfide) groups is 1. The number of aromatic hydroxyl groups is 1. The molecule has 110 valence electrons. The van der Waals surface area contributed by atoms with Gasteiger partial charge in [-0.2, -0.15) is 0 Å². The summed E-state index contributed by atoms with van der Waals surface area (Å²) >= 11 is 6.39. The van der Waals surface area contributed by atoms with Crippen LogP contribution in [0.4, 0.5) is 0 Å². The first-order valence-electron chi connectivity index (χ1n) is 6.26. The molecule has 1 aromatic carbocycles. The Kier molecular flexibility index (Phi) is 4.98. The molecule has 2 N–H and O–H groups in total. The van der Waals surface area contributed by atoms with Crippen LogP contribution in [0, 0.1) is 0 Å². The molecule has 7 heteroatoms. The topological polar surface area (TPSA) is 69.6 Å². The summed E-state index contributed by atoms with van der Waals surface area (Å²) in [6.45, 7) is 0.275. The van der Waals surface area contributed by atoms with Crippen LogP contribution in [-0.2, 0) is 9.59 Å². The molecule has 1 saturated heterocycles. The molecule has 0 saturated carbocycles. The third-order valence-electron chi connectivity index (χ3n) is 2.91. The average Bonchev–Trinajstić information content (AvgIpc) is 2.73. The second-order valence-electron chi connectivity index (χ2n) is 4.35. The highest BCUT2D eigenvalue weighted by molar-refractivity contribution is 8.26. The molecule has 21 heavy (non-hydrogen) atoms. The monoisotopic (exact) mass is 322 g/mol. The van der Waals surface area contributed by atoms with Crippen molar-refractivity contribution in [3.05, 3.63) is 34.7 Å². The smallest absolute Gasteiger partial charge is 0.266 e. The Morgan fingerprint density at radius 1 is 1.43 bits per heavy atom. The number of amides is 2. The number of nitrogens with zero attached hydrogens (tertiary/aromatic N) is 1. The Balaban J connectivity index is 2.10. The number of hydrogen-bond acceptors (Lipinski definition) is 5. The number of carbonyl (C=O) groups excluding carboxylic acids is 2. The van der Waals surface area contributed by atoms with Crippen LogP contribution in [0.5, 0.6) is 5.75 Å². The fourth-order valence-corrected chi connectivity index (χ4v) is 3.06. The first kappa shape index (κ1) is 15.5. The first-order chi connectivity index (χ1) is 10.0. The number of benzene rings is 1. The number of phenols is 1. The number of rotatable bonds is 4. The lowest BCUT2D eigenvalue weighted by molar-refractivity contribution is -0.123. The van der Waals surface area contributed by atoms with Crippen LogP contribution in [0.2, 0.25) is 0 Å². The maximum absolute atomic E-state index is 12.3. The molecule has 1 fully saturated rings. The normalized spacial score (nSPS) is 16.6. The molecule has 0 aromatic heterocycles. The lowest BCUT2D eigenvalue weighted by Gasteiger charge is -2.13. The zero-order valence-electron chi connectivity index (χ0n) is 11.3. The Morgan fingerprint density at radius 2 is 2.10 bits per heavy atom. The van der Waals surface area contributed by atoms with Crippen molar-refractivity contribution in [2.75, 3.05) is 13.6 Å². The summed E-state index contributed by atoms with van der Waals surface area (Å²) < 4.78 is 0.453. The molecule has 0 spiro atoms. The first-order valence-corrected chi connectivity index (χ1v) is 7.48. The van der Waals surface area contributed by atoms with Crippen LogP contribution in [0.3, 0.4) is 0 Å². The van der Waals surface area contributed by atoms with Gasteiger partial charge in [0, 0.05) is 20.0 Å². The van der Waals surface area contributed by atoms with Crippen molar-refractivity contribution in [1.82, 2.24) is 10.2 Å². The maximum Gasteiger partial charge on any atom is 0.266 e. The van der Waals surface area contributed by atoms with E-state index in [0.717, 1.165) is 5.56 Å². The van der Waals surface area contributed by atoms with E-state index >= 15 is 0 Å². The zero-order chi connectivity index (χ0) is 15.4. The van der Waals surface area contributed by atoms with E-state index < -0.39 is 0 Å².